The van der Waals surface area contributed by atoms with Gasteiger partial charge in [0.1, 0.15) is 5.54 Å². The highest BCUT2D eigenvalue weighted by molar-refractivity contribution is 6.07. The van der Waals surface area contributed by atoms with Gasteiger partial charge in [-0.05, 0) is 30.2 Å². The molecule has 146 valence electrons. The van der Waals surface area contributed by atoms with Gasteiger partial charge in [-0.25, -0.2) is 4.79 Å². The topological polar surface area (TPSA) is 92.6 Å². The largest absolute Gasteiger partial charge is 0.416 e. The molecule has 1 aliphatic heterocycles. The number of imide groups is 1. The average Bonchev–Trinajstić information content (AvgIpc) is 2.86. The summed E-state index contributed by atoms with van der Waals surface area (Å²) in [6.45, 7) is 1.16. The van der Waals surface area contributed by atoms with Crippen molar-refractivity contribution in [2.24, 2.45) is 0 Å². The van der Waals surface area contributed by atoms with Gasteiger partial charge in [-0.15, -0.1) is 0 Å². The lowest BCUT2D eigenvalue weighted by atomic mass is 9.90. The van der Waals surface area contributed by atoms with Crippen molar-refractivity contribution < 1.29 is 27.7 Å². The third-order valence-corrected chi connectivity index (χ3v) is 4.53. The minimum atomic E-state index is -4.59. The molecule has 0 saturated carbocycles. The van der Waals surface area contributed by atoms with Crippen LogP contribution in [0.15, 0.2) is 48.5 Å². The Kier molecular flexibility index (Phi) is 4.58. The van der Waals surface area contributed by atoms with Crippen LogP contribution in [-0.2, 0) is 23.1 Å². The van der Waals surface area contributed by atoms with Gasteiger partial charge in [0.2, 0.25) is 0 Å². The second kappa shape index (κ2) is 6.63. The minimum absolute atomic E-state index is 0.00637. The zero-order valence-electron chi connectivity index (χ0n) is 14.5. The van der Waals surface area contributed by atoms with Crippen LogP contribution in [0.25, 0.3) is 0 Å². The molecule has 0 unspecified atom stereocenters. The first-order valence-electron chi connectivity index (χ1n) is 8.07. The Morgan fingerprint density at radius 3 is 2.36 bits per heavy atom. The Hall–Kier alpha value is -3.43. The molecular weight excluding hydrogens is 379 g/mol. The van der Waals surface area contributed by atoms with Crippen LogP contribution in [0.5, 0.6) is 0 Å². The van der Waals surface area contributed by atoms with Crippen molar-refractivity contribution in [3.8, 4) is 0 Å². The molecule has 1 saturated heterocycles. The van der Waals surface area contributed by atoms with Gasteiger partial charge in [0.25, 0.3) is 11.6 Å². The third-order valence-electron chi connectivity index (χ3n) is 4.53. The molecule has 3 rings (SSSR count). The molecular formula is C18H14F3N3O4. The van der Waals surface area contributed by atoms with Crippen molar-refractivity contribution in [3.05, 3.63) is 75.3 Å². The molecule has 0 aromatic heterocycles. The van der Waals surface area contributed by atoms with Gasteiger partial charge >= 0.3 is 12.2 Å². The van der Waals surface area contributed by atoms with Crippen LogP contribution in [-0.4, -0.2) is 21.8 Å². The van der Waals surface area contributed by atoms with Crippen molar-refractivity contribution >= 4 is 17.6 Å². The number of amides is 3. The summed E-state index contributed by atoms with van der Waals surface area (Å²) in [6.07, 6.45) is -4.59. The van der Waals surface area contributed by atoms with Crippen molar-refractivity contribution in [1.82, 2.24) is 10.2 Å². The number of nitro groups is 1. The number of non-ortho nitro benzene ring substituents is 1. The first-order valence-corrected chi connectivity index (χ1v) is 8.07. The quantitative estimate of drug-likeness (QED) is 0.488. The molecule has 3 amide bonds. The molecule has 1 atom stereocenters. The molecule has 0 spiro atoms. The summed E-state index contributed by atoms with van der Waals surface area (Å²) in [4.78, 5) is 36.1. The molecule has 2 aromatic rings. The van der Waals surface area contributed by atoms with Crippen LogP contribution in [0.4, 0.5) is 23.7 Å². The summed E-state index contributed by atoms with van der Waals surface area (Å²) >= 11 is 0. The minimum Gasteiger partial charge on any atom is -0.319 e. The summed E-state index contributed by atoms with van der Waals surface area (Å²) in [5, 5.41) is 13.1. The fraction of sp³-hybridized carbons (Fsp3) is 0.222. The SMILES string of the molecule is C[C@]1(c2cccc(C(F)(F)F)c2)NC(=O)N(Cc2ccc([N+](=O)[O-])cc2)C1=O. The number of benzene rings is 2. The van der Waals surface area contributed by atoms with Gasteiger partial charge in [0, 0.05) is 12.1 Å². The predicted molar refractivity (Wildman–Crippen MR) is 91.0 cm³/mol. The second-order valence-electron chi connectivity index (χ2n) is 6.45. The number of nitrogens with zero attached hydrogens (tertiary/aromatic N) is 2. The van der Waals surface area contributed by atoms with Gasteiger partial charge in [-0.3, -0.25) is 19.8 Å². The second-order valence-corrected chi connectivity index (χ2v) is 6.45. The van der Waals surface area contributed by atoms with Crippen LogP contribution in [0.1, 0.15) is 23.6 Å². The summed E-state index contributed by atoms with van der Waals surface area (Å²) in [7, 11) is 0. The number of nitro benzene ring substituents is 1. The molecule has 1 aliphatic rings. The summed E-state index contributed by atoms with van der Waals surface area (Å²) < 4.78 is 38.9. The smallest absolute Gasteiger partial charge is 0.319 e. The van der Waals surface area contributed by atoms with E-state index in [0.717, 1.165) is 17.0 Å². The lowest BCUT2D eigenvalue weighted by molar-refractivity contribution is -0.384. The van der Waals surface area contributed by atoms with E-state index in [0.29, 0.717) is 5.56 Å². The maximum absolute atomic E-state index is 13.0. The normalized spacial score (nSPS) is 19.6. The maximum Gasteiger partial charge on any atom is 0.416 e. The number of alkyl halides is 3. The Bertz CT molecular complexity index is 959. The average molecular weight is 393 g/mol. The fourth-order valence-electron chi connectivity index (χ4n) is 2.95. The Morgan fingerprint density at radius 2 is 1.79 bits per heavy atom. The molecule has 0 radical (unpaired) electrons. The lowest BCUT2D eigenvalue weighted by Crippen LogP contribution is -2.41. The van der Waals surface area contributed by atoms with E-state index in [4.69, 9.17) is 0 Å². The van der Waals surface area contributed by atoms with E-state index >= 15 is 0 Å². The number of rotatable bonds is 4. The number of hydrogen-bond acceptors (Lipinski definition) is 4. The molecule has 2 aromatic carbocycles. The van der Waals surface area contributed by atoms with E-state index in [2.05, 4.69) is 5.32 Å². The third kappa shape index (κ3) is 3.40. The van der Waals surface area contributed by atoms with Crippen LogP contribution in [0.3, 0.4) is 0 Å². The van der Waals surface area contributed by atoms with E-state index in [9.17, 15) is 32.9 Å². The van der Waals surface area contributed by atoms with Crippen molar-refractivity contribution in [2.75, 3.05) is 0 Å². The van der Waals surface area contributed by atoms with E-state index in [1.54, 1.807) is 0 Å². The van der Waals surface area contributed by atoms with E-state index < -0.39 is 34.1 Å². The highest BCUT2D eigenvalue weighted by Gasteiger charge is 2.49. The first-order chi connectivity index (χ1) is 13.0. The van der Waals surface area contributed by atoms with Crippen molar-refractivity contribution in [1.29, 1.82) is 0 Å². The molecule has 1 N–H and O–H groups in total. The molecule has 0 aliphatic carbocycles. The fourth-order valence-corrected chi connectivity index (χ4v) is 2.95. The zero-order chi connectivity index (χ0) is 20.7. The number of nitrogens with one attached hydrogen (secondary N) is 1. The van der Waals surface area contributed by atoms with Gasteiger partial charge in [-0.2, -0.15) is 13.2 Å². The highest BCUT2D eigenvalue weighted by Crippen LogP contribution is 2.35. The first kappa shape index (κ1) is 19.3. The summed E-state index contributed by atoms with van der Waals surface area (Å²) in [5.74, 6) is -0.713. The van der Waals surface area contributed by atoms with Gasteiger partial charge < -0.3 is 5.32 Å². The summed E-state index contributed by atoms with van der Waals surface area (Å²) in [5.41, 5.74) is -2.26. The number of carbonyl (C=O) groups is 2. The number of urea groups is 1. The van der Waals surface area contributed by atoms with E-state index in [-0.39, 0.29) is 17.8 Å². The zero-order valence-corrected chi connectivity index (χ0v) is 14.5. The monoisotopic (exact) mass is 393 g/mol. The molecule has 10 heteroatoms. The molecule has 1 heterocycles. The van der Waals surface area contributed by atoms with Gasteiger partial charge in [-0.1, -0.05) is 24.3 Å². The number of halogens is 3. The van der Waals surface area contributed by atoms with Gasteiger partial charge in [0.05, 0.1) is 17.0 Å². The number of carbonyl (C=O) groups excluding carboxylic acids is 2. The van der Waals surface area contributed by atoms with Crippen molar-refractivity contribution in [3.63, 3.8) is 0 Å². The van der Waals surface area contributed by atoms with Crippen LogP contribution < -0.4 is 5.32 Å². The molecule has 7 nitrogen and oxygen atoms in total. The van der Waals surface area contributed by atoms with Crippen LogP contribution in [0, 0.1) is 10.1 Å². The maximum atomic E-state index is 13.0. The van der Waals surface area contributed by atoms with E-state index in [1.807, 2.05) is 0 Å². The van der Waals surface area contributed by atoms with Gasteiger partial charge in [0.15, 0.2) is 0 Å². The highest BCUT2D eigenvalue weighted by atomic mass is 19.4. The van der Waals surface area contributed by atoms with E-state index in [1.165, 1.54) is 43.3 Å². The predicted octanol–water partition coefficient (Wildman–Crippen LogP) is 3.58. The van der Waals surface area contributed by atoms with Crippen LogP contribution in [0.2, 0.25) is 0 Å². The van der Waals surface area contributed by atoms with Crippen molar-refractivity contribution in [2.45, 2.75) is 25.2 Å². The lowest BCUT2D eigenvalue weighted by Gasteiger charge is -2.23. The molecule has 0 bridgehead atoms. The molecule has 1 fully saturated rings. The molecule has 28 heavy (non-hydrogen) atoms. The Labute approximate surface area is 156 Å². The Balaban J connectivity index is 1.87. The standard InChI is InChI=1S/C18H14F3N3O4/c1-17(12-3-2-4-13(9-12)18(19,20)21)15(25)23(16(26)22-17)10-11-5-7-14(8-6-11)24(27)28/h2-9H,10H2,1H3,(H,22,26)/t17-/m1/s1. The number of hydrogen-bond donors (Lipinski definition) is 1. The van der Waals surface area contributed by atoms with Crippen LogP contribution >= 0.6 is 0 Å². The Morgan fingerprint density at radius 1 is 1.14 bits per heavy atom. The summed E-state index contributed by atoms with van der Waals surface area (Å²) in [6, 6.07) is 8.72.